The van der Waals surface area contributed by atoms with Crippen LogP contribution < -0.4 is 16.1 Å². The molecule has 36 heavy (non-hydrogen) atoms. The van der Waals surface area contributed by atoms with Gasteiger partial charge in [0.05, 0.1) is 0 Å². The van der Waals surface area contributed by atoms with E-state index in [0.29, 0.717) is 17.7 Å². The van der Waals surface area contributed by atoms with Gasteiger partial charge in [-0.1, -0.05) is 48.0 Å². The third kappa shape index (κ3) is 6.05. The maximum atomic E-state index is 13.2. The standard InChI is InChI=1S/C28H26N4O4/c1-18-6-13-22(14-7-18)30-28(35)25(16-21-17-29-24-5-3-2-4-23(21)24)31-26(33)15-10-19-8-11-20(12-9-19)27(34)32-36/h2-15,17,25,29,36H,16H2,1H3,(H,30,35)(H,31,33)(H,32,34)/b15-10+/t25-/m0/s1. The number of hydrogen-bond acceptors (Lipinski definition) is 4. The molecule has 8 heteroatoms. The van der Waals surface area contributed by atoms with E-state index in [9.17, 15) is 14.4 Å². The van der Waals surface area contributed by atoms with Gasteiger partial charge in [-0.25, -0.2) is 5.48 Å². The zero-order chi connectivity index (χ0) is 25.5. The SMILES string of the molecule is Cc1ccc(NC(=O)[C@H](Cc2c[nH]c3ccccc23)NC(=O)/C=C/c2ccc(C(=O)NO)cc2)cc1. The zero-order valence-electron chi connectivity index (χ0n) is 19.6. The number of aryl methyl sites for hydroxylation is 1. The molecule has 5 N–H and O–H groups in total. The smallest absolute Gasteiger partial charge is 0.274 e. The first-order chi connectivity index (χ1) is 17.4. The van der Waals surface area contributed by atoms with Gasteiger partial charge < -0.3 is 15.6 Å². The van der Waals surface area contributed by atoms with E-state index >= 15 is 0 Å². The predicted molar refractivity (Wildman–Crippen MR) is 138 cm³/mol. The third-order valence-electron chi connectivity index (χ3n) is 5.75. The molecule has 0 aliphatic carbocycles. The number of fused-ring (bicyclic) bond motifs is 1. The first-order valence-corrected chi connectivity index (χ1v) is 11.4. The number of hydrogen-bond donors (Lipinski definition) is 5. The Bertz CT molecular complexity index is 1410. The lowest BCUT2D eigenvalue weighted by Gasteiger charge is -2.18. The molecule has 0 aliphatic rings. The molecular weight excluding hydrogens is 456 g/mol. The molecule has 1 heterocycles. The van der Waals surface area contributed by atoms with Gasteiger partial charge in [-0.05, 0) is 54.5 Å². The molecule has 0 aliphatic heterocycles. The summed E-state index contributed by atoms with van der Waals surface area (Å²) in [5, 5.41) is 15.4. The molecule has 1 atom stereocenters. The van der Waals surface area contributed by atoms with E-state index in [1.165, 1.54) is 18.2 Å². The van der Waals surface area contributed by atoms with E-state index in [-0.39, 0.29) is 11.5 Å². The Morgan fingerprint density at radius 2 is 1.69 bits per heavy atom. The van der Waals surface area contributed by atoms with E-state index < -0.39 is 17.9 Å². The van der Waals surface area contributed by atoms with Crippen molar-refractivity contribution in [2.75, 3.05) is 5.32 Å². The van der Waals surface area contributed by atoms with E-state index in [2.05, 4.69) is 15.6 Å². The van der Waals surface area contributed by atoms with Crippen molar-refractivity contribution in [1.29, 1.82) is 0 Å². The summed E-state index contributed by atoms with van der Waals surface area (Å²) in [6.45, 7) is 1.97. The normalized spacial score (nSPS) is 11.8. The van der Waals surface area contributed by atoms with Crippen LogP contribution in [-0.4, -0.2) is 34.0 Å². The second-order valence-electron chi connectivity index (χ2n) is 8.38. The summed E-state index contributed by atoms with van der Waals surface area (Å²) in [4.78, 5) is 40.6. The number of anilines is 1. The quantitative estimate of drug-likeness (QED) is 0.148. The molecule has 3 aromatic carbocycles. The van der Waals surface area contributed by atoms with Gasteiger partial charge in [0.15, 0.2) is 0 Å². The summed E-state index contributed by atoms with van der Waals surface area (Å²) in [6.07, 6.45) is 5.06. The van der Waals surface area contributed by atoms with Crippen LogP contribution in [-0.2, 0) is 16.0 Å². The summed E-state index contributed by atoms with van der Waals surface area (Å²) in [5.41, 5.74) is 6.12. The molecular formula is C28H26N4O4. The number of aromatic nitrogens is 1. The van der Waals surface area contributed by atoms with Crippen molar-refractivity contribution in [3.8, 4) is 0 Å². The molecule has 0 saturated carbocycles. The molecule has 0 saturated heterocycles. The lowest BCUT2D eigenvalue weighted by atomic mass is 10.0. The summed E-state index contributed by atoms with van der Waals surface area (Å²) in [5.74, 6) is -1.38. The number of carbonyl (C=O) groups is 3. The molecule has 0 spiro atoms. The van der Waals surface area contributed by atoms with Gasteiger partial charge in [0.1, 0.15) is 6.04 Å². The summed E-state index contributed by atoms with van der Waals surface area (Å²) >= 11 is 0. The van der Waals surface area contributed by atoms with Crippen molar-refractivity contribution in [3.63, 3.8) is 0 Å². The number of rotatable bonds is 8. The molecule has 4 aromatic rings. The molecule has 0 radical (unpaired) electrons. The fourth-order valence-corrected chi connectivity index (χ4v) is 3.80. The van der Waals surface area contributed by atoms with Crippen LogP contribution in [0.3, 0.4) is 0 Å². The lowest BCUT2D eigenvalue weighted by molar-refractivity contribution is -0.123. The molecule has 0 unspecified atom stereocenters. The van der Waals surface area contributed by atoms with Crippen LogP contribution in [0, 0.1) is 6.92 Å². The number of benzene rings is 3. The van der Waals surface area contributed by atoms with Crippen molar-refractivity contribution in [1.82, 2.24) is 15.8 Å². The largest absolute Gasteiger partial charge is 0.361 e. The summed E-state index contributed by atoms with van der Waals surface area (Å²) in [7, 11) is 0. The molecule has 3 amide bonds. The van der Waals surface area contributed by atoms with Crippen LogP contribution >= 0.6 is 0 Å². The molecule has 0 fully saturated rings. The van der Waals surface area contributed by atoms with Gasteiger partial charge in [-0.3, -0.25) is 19.6 Å². The van der Waals surface area contributed by atoms with Crippen LogP contribution in [0.5, 0.6) is 0 Å². The number of H-pyrrole nitrogens is 1. The van der Waals surface area contributed by atoms with E-state index in [0.717, 1.165) is 22.0 Å². The molecule has 1 aromatic heterocycles. The van der Waals surface area contributed by atoms with E-state index in [1.54, 1.807) is 23.7 Å². The highest BCUT2D eigenvalue weighted by molar-refractivity contribution is 6.00. The second kappa shape index (κ2) is 11.2. The molecule has 4 rings (SSSR count). The van der Waals surface area contributed by atoms with Gasteiger partial charge in [-0.2, -0.15) is 0 Å². The summed E-state index contributed by atoms with van der Waals surface area (Å²) < 4.78 is 0. The first-order valence-electron chi connectivity index (χ1n) is 11.4. The third-order valence-corrected chi connectivity index (χ3v) is 5.75. The average Bonchev–Trinajstić information content (AvgIpc) is 3.31. The van der Waals surface area contributed by atoms with Gasteiger partial charge in [-0.15, -0.1) is 0 Å². The van der Waals surface area contributed by atoms with Crippen molar-refractivity contribution in [2.24, 2.45) is 0 Å². The Balaban J connectivity index is 1.50. The topological polar surface area (TPSA) is 123 Å². The maximum absolute atomic E-state index is 13.2. The van der Waals surface area contributed by atoms with Crippen molar-refractivity contribution < 1.29 is 19.6 Å². The van der Waals surface area contributed by atoms with Gasteiger partial charge in [0, 0.05) is 40.8 Å². The Kier molecular flexibility index (Phi) is 7.57. The van der Waals surface area contributed by atoms with Crippen LogP contribution in [0.4, 0.5) is 5.69 Å². The number of hydroxylamine groups is 1. The number of nitrogens with one attached hydrogen (secondary N) is 4. The Hall–Kier alpha value is -4.69. The summed E-state index contributed by atoms with van der Waals surface area (Å²) in [6, 6.07) is 20.7. The van der Waals surface area contributed by atoms with Crippen LogP contribution in [0.1, 0.15) is 27.0 Å². The van der Waals surface area contributed by atoms with Crippen LogP contribution in [0.25, 0.3) is 17.0 Å². The van der Waals surface area contributed by atoms with E-state index in [4.69, 9.17) is 5.21 Å². The number of carbonyl (C=O) groups excluding carboxylic acids is 3. The van der Waals surface area contributed by atoms with Gasteiger partial charge in [0.2, 0.25) is 11.8 Å². The van der Waals surface area contributed by atoms with Crippen LogP contribution in [0.2, 0.25) is 0 Å². The highest BCUT2D eigenvalue weighted by Crippen LogP contribution is 2.20. The number of aromatic amines is 1. The highest BCUT2D eigenvalue weighted by atomic mass is 16.5. The molecule has 182 valence electrons. The minimum Gasteiger partial charge on any atom is -0.361 e. The Morgan fingerprint density at radius 3 is 2.42 bits per heavy atom. The van der Waals surface area contributed by atoms with Gasteiger partial charge >= 0.3 is 0 Å². The minimum atomic E-state index is -0.821. The van der Waals surface area contributed by atoms with Crippen molar-refractivity contribution >= 4 is 40.4 Å². The predicted octanol–water partition coefficient (Wildman–Crippen LogP) is 3.97. The Morgan fingerprint density at radius 1 is 0.972 bits per heavy atom. The second-order valence-corrected chi connectivity index (χ2v) is 8.38. The van der Waals surface area contributed by atoms with E-state index in [1.807, 2.05) is 61.7 Å². The van der Waals surface area contributed by atoms with Crippen molar-refractivity contribution in [3.05, 3.63) is 107 Å². The fourth-order valence-electron chi connectivity index (χ4n) is 3.80. The minimum absolute atomic E-state index is 0.283. The average molecular weight is 483 g/mol. The van der Waals surface area contributed by atoms with Crippen molar-refractivity contribution in [2.45, 2.75) is 19.4 Å². The fraction of sp³-hybridized carbons (Fsp3) is 0.107. The monoisotopic (exact) mass is 482 g/mol. The number of para-hydroxylation sites is 1. The molecule has 8 nitrogen and oxygen atoms in total. The van der Waals surface area contributed by atoms with Crippen LogP contribution in [0.15, 0.2) is 85.1 Å². The number of amides is 3. The zero-order valence-corrected chi connectivity index (χ0v) is 19.6. The first kappa shape index (κ1) is 24.4. The lowest BCUT2D eigenvalue weighted by Crippen LogP contribution is -2.44. The Labute approximate surface area is 208 Å². The molecule has 0 bridgehead atoms. The highest BCUT2D eigenvalue weighted by Gasteiger charge is 2.22. The van der Waals surface area contributed by atoms with Gasteiger partial charge in [0.25, 0.3) is 5.91 Å². The maximum Gasteiger partial charge on any atom is 0.274 e.